The highest BCUT2D eigenvalue weighted by atomic mass is 16.6. The Balaban J connectivity index is 1.33. The average Bonchev–Trinajstić information content (AvgIpc) is 3.19. The number of phenols is 2. The molecule has 12 heteroatoms. The molecule has 1 aliphatic carbocycles. The zero-order chi connectivity index (χ0) is 42.0. The van der Waals surface area contributed by atoms with Crippen LogP contribution in [0.25, 0.3) is 0 Å². The second kappa shape index (κ2) is 18.9. The van der Waals surface area contributed by atoms with Gasteiger partial charge in [-0.2, -0.15) is 0 Å². The molecule has 4 aromatic rings. The van der Waals surface area contributed by atoms with Crippen molar-refractivity contribution in [3.8, 4) is 46.0 Å². The maximum atomic E-state index is 12.8. The first kappa shape index (κ1) is 43.1. The van der Waals surface area contributed by atoms with Crippen LogP contribution in [0.15, 0.2) is 82.8 Å². The Bertz CT molecular complexity index is 1940. The van der Waals surface area contributed by atoms with Crippen LogP contribution in [0.4, 0.5) is 0 Å². The lowest BCUT2D eigenvalue weighted by Gasteiger charge is -2.26. The monoisotopic (exact) mass is 794 g/mol. The smallest absolute Gasteiger partial charge is 0.349 e. The normalized spacial score (nSPS) is 15.9. The summed E-state index contributed by atoms with van der Waals surface area (Å²) >= 11 is 0. The first-order chi connectivity index (χ1) is 27.5. The molecule has 12 nitrogen and oxygen atoms in total. The van der Waals surface area contributed by atoms with E-state index in [1.165, 1.54) is 0 Å². The van der Waals surface area contributed by atoms with E-state index in [0.717, 1.165) is 25.7 Å². The van der Waals surface area contributed by atoms with Crippen molar-refractivity contribution in [1.29, 1.82) is 0 Å². The van der Waals surface area contributed by atoms with Crippen LogP contribution in [0.1, 0.15) is 89.5 Å². The van der Waals surface area contributed by atoms with Crippen LogP contribution < -0.4 is 28.4 Å². The minimum absolute atomic E-state index is 0.0433. The third-order valence-corrected chi connectivity index (χ3v) is 9.64. The van der Waals surface area contributed by atoms with Gasteiger partial charge in [0.25, 0.3) is 0 Å². The average molecular weight is 795 g/mol. The van der Waals surface area contributed by atoms with E-state index in [4.69, 9.17) is 38.4 Å². The van der Waals surface area contributed by atoms with Gasteiger partial charge in [0, 0.05) is 34.7 Å². The molecule has 0 heterocycles. The van der Waals surface area contributed by atoms with Crippen molar-refractivity contribution >= 4 is 24.4 Å². The van der Waals surface area contributed by atoms with Crippen LogP contribution in [0.2, 0.25) is 0 Å². The summed E-state index contributed by atoms with van der Waals surface area (Å²) in [6.45, 7) is 11.1. The number of benzene rings is 4. The Kier molecular flexibility index (Phi) is 14.1. The predicted molar refractivity (Wildman–Crippen MR) is 223 cm³/mol. The molecule has 1 fully saturated rings. The summed E-state index contributed by atoms with van der Waals surface area (Å²) in [5.74, 6) is 1.70. The van der Waals surface area contributed by atoms with Gasteiger partial charge in [-0.3, -0.25) is 9.98 Å². The Labute approximate surface area is 340 Å². The number of carbonyl (C=O) groups excluding carboxylic acids is 2. The minimum atomic E-state index is -0.607. The highest BCUT2D eigenvalue weighted by molar-refractivity contribution is 5.87. The summed E-state index contributed by atoms with van der Waals surface area (Å²) in [4.78, 5) is 35.5. The molecule has 1 saturated carbocycles. The van der Waals surface area contributed by atoms with Crippen LogP contribution in [0.3, 0.4) is 0 Å². The topological polar surface area (TPSA) is 155 Å². The van der Waals surface area contributed by atoms with Gasteiger partial charge in [-0.1, -0.05) is 54.4 Å². The highest BCUT2D eigenvalue weighted by Gasteiger charge is 2.27. The van der Waals surface area contributed by atoms with E-state index in [0.29, 0.717) is 45.3 Å². The van der Waals surface area contributed by atoms with Crippen molar-refractivity contribution in [3.05, 3.63) is 95.1 Å². The molecule has 0 aliphatic heterocycles. The van der Waals surface area contributed by atoms with Crippen LogP contribution >= 0.6 is 0 Å². The molecule has 0 amide bonds. The summed E-state index contributed by atoms with van der Waals surface area (Å²) in [7, 11) is 3.14. The van der Waals surface area contributed by atoms with E-state index in [9.17, 15) is 19.8 Å². The van der Waals surface area contributed by atoms with E-state index in [2.05, 4.69) is 0 Å². The van der Waals surface area contributed by atoms with Gasteiger partial charge in [-0.25, -0.2) is 9.59 Å². The van der Waals surface area contributed by atoms with Crippen molar-refractivity contribution < 1.29 is 48.2 Å². The van der Waals surface area contributed by atoms with E-state index >= 15 is 0 Å². The van der Waals surface area contributed by atoms with Crippen LogP contribution in [-0.4, -0.2) is 74.1 Å². The number of hydrogen-bond acceptors (Lipinski definition) is 12. The van der Waals surface area contributed by atoms with Crippen molar-refractivity contribution in [3.63, 3.8) is 0 Å². The number of methoxy groups -OCH3 is 2. The first-order valence-electron chi connectivity index (χ1n) is 19.3. The number of carbonyl (C=O) groups is 2. The number of aromatic hydroxyl groups is 2. The molecule has 0 unspecified atom stereocenters. The van der Waals surface area contributed by atoms with Gasteiger partial charge >= 0.3 is 11.9 Å². The lowest BCUT2D eigenvalue weighted by molar-refractivity contribution is -0.137. The van der Waals surface area contributed by atoms with Crippen molar-refractivity contribution in [2.24, 2.45) is 9.98 Å². The molecule has 0 saturated heterocycles. The quantitative estimate of drug-likeness (QED) is 0.0721. The highest BCUT2D eigenvalue weighted by Crippen LogP contribution is 2.38. The zero-order valence-electron chi connectivity index (χ0n) is 34.5. The molecule has 4 aromatic carbocycles. The molecule has 0 aromatic heterocycles. The molecule has 0 spiro atoms. The molecule has 1 aliphatic rings. The fraction of sp³-hybridized carbons (Fsp3) is 0.391. The maximum Gasteiger partial charge on any atom is 0.349 e. The lowest BCUT2D eigenvalue weighted by Crippen LogP contribution is -2.27. The number of phenolic OH excluding ortho intramolecular Hbond substituents is 2. The number of rotatable bonds is 14. The summed E-state index contributed by atoms with van der Waals surface area (Å²) < 4.78 is 32.9. The first-order valence-corrected chi connectivity index (χ1v) is 19.3. The summed E-state index contributed by atoms with van der Waals surface area (Å²) in [5, 5.41) is 22.7. The van der Waals surface area contributed by atoms with Gasteiger partial charge in [0.15, 0.2) is 13.2 Å². The molecule has 5 rings (SSSR count). The molecular formula is C46H54N2O10. The van der Waals surface area contributed by atoms with E-state index in [1.54, 1.807) is 99.4 Å². The van der Waals surface area contributed by atoms with Gasteiger partial charge in [0.05, 0.1) is 26.3 Å². The third kappa shape index (κ3) is 11.7. The number of hydrogen-bond donors (Lipinski definition) is 2. The largest absolute Gasteiger partial charge is 0.507 e. The van der Waals surface area contributed by atoms with Crippen LogP contribution in [0.5, 0.6) is 46.0 Å². The maximum absolute atomic E-state index is 12.8. The van der Waals surface area contributed by atoms with Gasteiger partial charge in [0.1, 0.15) is 46.0 Å². The minimum Gasteiger partial charge on any atom is -0.507 e. The summed E-state index contributed by atoms with van der Waals surface area (Å²) in [6, 6.07) is 19.8. The number of nitrogens with zero attached hydrogens (tertiary/aromatic N) is 2. The number of esters is 2. The van der Waals surface area contributed by atoms with E-state index < -0.39 is 22.8 Å². The predicted octanol–water partition coefficient (Wildman–Crippen LogP) is 8.53. The molecule has 58 heavy (non-hydrogen) atoms. The third-order valence-electron chi connectivity index (χ3n) is 9.64. The molecule has 2 atom stereocenters. The Hall–Kier alpha value is -6.04. The van der Waals surface area contributed by atoms with Crippen molar-refractivity contribution in [2.45, 2.75) is 90.1 Å². The SMILES string of the molecule is COc1ccc(OCC(=O)Oc2cc(C=N[C@@H]3CCCC[C@H]3N=Cc3cc(OC(=O)COc4ccc(OC)cc4)cc(C(C)(C)C)c3O)c(O)c(C(C)(C)C)c2)cc1. The molecule has 2 N–H and O–H groups in total. The van der Waals surface area contributed by atoms with Gasteiger partial charge in [-0.05, 0) is 96.5 Å². The second-order valence-electron chi connectivity index (χ2n) is 16.2. The van der Waals surface area contributed by atoms with E-state index in [1.807, 2.05) is 41.5 Å². The van der Waals surface area contributed by atoms with Crippen LogP contribution in [-0.2, 0) is 20.4 Å². The number of ether oxygens (including phenoxy) is 6. The summed E-state index contributed by atoms with van der Waals surface area (Å²) in [5.41, 5.74) is 1.02. The van der Waals surface area contributed by atoms with E-state index in [-0.39, 0.29) is 48.3 Å². The second-order valence-corrected chi connectivity index (χ2v) is 16.2. The molecular weight excluding hydrogens is 741 g/mol. The Morgan fingerprint density at radius 3 is 1.26 bits per heavy atom. The van der Waals surface area contributed by atoms with Gasteiger partial charge in [-0.15, -0.1) is 0 Å². The Morgan fingerprint density at radius 1 is 0.586 bits per heavy atom. The van der Waals surface area contributed by atoms with Gasteiger partial charge in [0.2, 0.25) is 0 Å². The lowest BCUT2D eigenvalue weighted by atomic mass is 9.85. The fourth-order valence-corrected chi connectivity index (χ4v) is 6.46. The van der Waals surface area contributed by atoms with Crippen molar-refractivity contribution in [2.75, 3.05) is 27.4 Å². The fourth-order valence-electron chi connectivity index (χ4n) is 6.46. The molecule has 308 valence electrons. The molecule has 0 radical (unpaired) electrons. The van der Waals surface area contributed by atoms with Crippen LogP contribution in [0, 0.1) is 0 Å². The standard InChI is InChI=1S/C46H54N2O10/c1-45(2,3)37-23-35(57-41(49)27-55-33-17-13-31(53-7)14-18-33)21-29(43(37)51)25-47-39-11-9-10-12-40(39)48-26-30-22-36(24-38(44(30)52)46(4,5)6)58-42(50)28-56-34-19-15-32(54-8)16-20-34/h13-26,39-40,51-52H,9-12,27-28H2,1-8H3/t39-,40-/m1/s1. The Morgan fingerprint density at radius 2 is 0.931 bits per heavy atom. The van der Waals surface area contributed by atoms with Crippen molar-refractivity contribution in [1.82, 2.24) is 0 Å². The summed E-state index contributed by atoms with van der Waals surface area (Å²) in [6.07, 6.45) is 6.63. The van der Waals surface area contributed by atoms with Gasteiger partial charge < -0.3 is 38.6 Å². The zero-order valence-corrected chi connectivity index (χ0v) is 34.5. The molecule has 0 bridgehead atoms. The number of aliphatic imine (C=N–C) groups is 2.